The molecule has 4 N–H and O–H groups in total. The van der Waals surface area contributed by atoms with Crippen molar-refractivity contribution in [2.75, 3.05) is 17.7 Å². The van der Waals surface area contributed by atoms with E-state index in [4.69, 9.17) is 4.74 Å². The SMILES string of the molecule is COc1cccc(/C=N\NC(=O)Cc2nnc(NC(=O)Nc3ccccc3)s2)c1O. The number of phenols is 1. The summed E-state index contributed by atoms with van der Waals surface area (Å²) in [5, 5.41) is 27.4. The number of benzene rings is 2. The van der Waals surface area contributed by atoms with Crippen molar-refractivity contribution in [1.82, 2.24) is 15.6 Å². The summed E-state index contributed by atoms with van der Waals surface area (Å²) in [6.07, 6.45) is 1.23. The zero-order valence-corrected chi connectivity index (χ0v) is 16.6. The number of phenolic OH excluding ortho intramolecular Hbond substituents is 1. The van der Waals surface area contributed by atoms with Crippen LogP contribution in [0.2, 0.25) is 0 Å². The average molecular weight is 426 g/mol. The van der Waals surface area contributed by atoms with Crippen molar-refractivity contribution in [1.29, 1.82) is 0 Å². The molecule has 0 unspecified atom stereocenters. The third-order valence-corrected chi connectivity index (χ3v) is 4.51. The molecule has 30 heavy (non-hydrogen) atoms. The molecular weight excluding hydrogens is 408 g/mol. The number of hydrogen-bond acceptors (Lipinski definition) is 8. The molecule has 0 atom stereocenters. The number of hydrogen-bond donors (Lipinski definition) is 4. The third-order valence-electron chi connectivity index (χ3n) is 3.67. The Morgan fingerprint density at radius 1 is 1.13 bits per heavy atom. The molecule has 0 radical (unpaired) electrons. The minimum absolute atomic E-state index is 0.0684. The molecule has 0 aliphatic carbocycles. The normalized spacial score (nSPS) is 10.6. The number of aromatic nitrogens is 2. The van der Waals surface area contributed by atoms with Crippen LogP contribution < -0.4 is 20.8 Å². The average Bonchev–Trinajstić information content (AvgIpc) is 3.16. The summed E-state index contributed by atoms with van der Waals surface area (Å²) in [4.78, 5) is 24.0. The first-order chi connectivity index (χ1) is 14.5. The molecule has 1 aromatic heterocycles. The number of amides is 3. The number of anilines is 2. The number of methoxy groups -OCH3 is 1. The van der Waals surface area contributed by atoms with Crippen LogP contribution in [-0.2, 0) is 11.2 Å². The Hall–Kier alpha value is -3.99. The maximum atomic E-state index is 12.0. The quantitative estimate of drug-likeness (QED) is 0.338. The predicted molar refractivity (Wildman–Crippen MR) is 113 cm³/mol. The standard InChI is InChI=1S/C19H18N6O4S/c1-29-14-9-5-6-12(17(14)27)11-20-23-15(26)10-16-24-25-19(30-16)22-18(28)21-13-7-3-2-4-8-13/h2-9,11,27H,10H2,1H3,(H,23,26)(H2,21,22,25,28)/b20-11-. The molecule has 3 amide bonds. The van der Waals surface area contributed by atoms with Gasteiger partial charge in [-0.1, -0.05) is 35.6 Å². The van der Waals surface area contributed by atoms with Gasteiger partial charge in [-0.3, -0.25) is 10.1 Å². The summed E-state index contributed by atoms with van der Waals surface area (Å²) in [5.74, 6) is -0.202. The molecular formula is C19H18N6O4S. The van der Waals surface area contributed by atoms with Crippen LogP contribution in [0.1, 0.15) is 10.6 Å². The Labute approximate surface area is 175 Å². The number of nitrogens with zero attached hydrogens (tertiary/aromatic N) is 3. The second-order valence-corrected chi connectivity index (χ2v) is 6.88. The molecule has 3 rings (SSSR count). The summed E-state index contributed by atoms with van der Waals surface area (Å²) >= 11 is 1.07. The summed E-state index contributed by atoms with van der Waals surface area (Å²) in [5.41, 5.74) is 3.37. The lowest BCUT2D eigenvalue weighted by molar-refractivity contribution is -0.120. The number of carbonyl (C=O) groups excluding carboxylic acids is 2. The number of nitrogens with one attached hydrogen (secondary N) is 3. The van der Waals surface area contributed by atoms with E-state index in [9.17, 15) is 14.7 Å². The van der Waals surface area contributed by atoms with Gasteiger partial charge in [0.05, 0.1) is 19.7 Å². The van der Waals surface area contributed by atoms with E-state index in [1.54, 1.807) is 42.5 Å². The fourth-order valence-corrected chi connectivity index (χ4v) is 3.05. The second kappa shape index (κ2) is 9.98. The third kappa shape index (κ3) is 5.75. The minimum Gasteiger partial charge on any atom is -0.504 e. The highest BCUT2D eigenvalue weighted by Gasteiger charge is 2.11. The first-order valence-corrected chi connectivity index (χ1v) is 9.50. The van der Waals surface area contributed by atoms with E-state index < -0.39 is 11.9 Å². The fourth-order valence-electron chi connectivity index (χ4n) is 2.32. The van der Waals surface area contributed by atoms with Crippen molar-refractivity contribution in [2.24, 2.45) is 5.10 Å². The van der Waals surface area contributed by atoms with Crippen LogP contribution in [0.15, 0.2) is 53.6 Å². The maximum Gasteiger partial charge on any atom is 0.325 e. The Bertz CT molecular complexity index is 1050. The Kier molecular flexibility index (Phi) is 6.90. The topological polar surface area (TPSA) is 138 Å². The van der Waals surface area contributed by atoms with Crippen molar-refractivity contribution >= 4 is 40.3 Å². The molecule has 0 saturated carbocycles. The Morgan fingerprint density at radius 3 is 2.70 bits per heavy atom. The highest BCUT2D eigenvalue weighted by Crippen LogP contribution is 2.27. The van der Waals surface area contributed by atoms with Crippen LogP contribution in [0.3, 0.4) is 0 Å². The van der Waals surface area contributed by atoms with E-state index >= 15 is 0 Å². The van der Waals surface area contributed by atoms with Crippen LogP contribution in [-0.4, -0.2) is 40.6 Å². The number of urea groups is 1. The number of carbonyl (C=O) groups is 2. The van der Waals surface area contributed by atoms with E-state index in [0.717, 1.165) is 11.3 Å². The predicted octanol–water partition coefficient (Wildman–Crippen LogP) is 2.59. The van der Waals surface area contributed by atoms with Gasteiger partial charge in [0.25, 0.3) is 0 Å². The highest BCUT2D eigenvalue weighted by atomic mass is 32.1. The smallest absolute Gasteiger partial charge is 0.325 e. The lowest BCUT2D eigenvalue weighted by Crippen LogP contribution is -2.19. The monoisotopic (exact) mass is 426 g/mol. The van der Waals surface area contributed by atoms with Crippen LogP contribution in [0.25, 0.3) is 0 Å². The van der Waals surface area contributed by atoms with E-state index in [2.05, 4.69) is 31.4 Å². The fraction of sp³-hybridized carbons (Fsp3) is 0.105. The molecule has 0 aliphatic heterocycles. The maximum absolute atomic E-state index is 12.0. The van der Waals surface area contributed by atoms with E-state index in [0.29, 0.717) is 22.0 Å². The molecule has 154 valence electrons. The molecule has 10 nitrogen and oxygen atoms in total. The van der Waals surface area contributed by atoms with Crippen molar-refractivity contribution in [3.8, 4) is 11.5 Å². The molecule has 0 fully saturated rings. The molecule has 2 aromatic carbocycles. The van der Waals surface area contributed by atoms with Gasteiger partial charge in [-0.25, -0.2) is 10.2 Å². The highest BCUT2D eigenvalue weighted by molar-refractivity contribution is 7.15. The summed E-state index contributed by atoms with van der Waals surface area (Å²) in [6.45, 7) is 0. The molecule has 1 heterocycles. The first-order valence-electron chi connectivity index (χ1n) is 8.68. The number of para-hydroxylation sites is 2. The van der Waals surface area contributed by atoms with Gasteiger partial charge in [0.15, 0.2) is 11.5 Å². The van der Waals surface area contributed by atoms with E-state index in [-0.39, 0.29) is 17.3 Å². The van der Waals surface area contributed by atoms with Gasteiger partial charge < -0.3 is 15.2 Å². The molecule has 0 spiro atoms. The van der Waals surface area contributed by atoms with Crippen molar-refractivity contribution in [3.05, 3.63) is 59.1 Å². The Balaban J connectivity index is 1.49. The lowest BCUT2D eigenvalue weighted by atomic mass is 10.2. The first kappa shape index (κ1) is 20.7. The Morgan fingerprint density at radius 2 is 1.93 bits per heavy atom. The van der Waals surface area contributed by atoms with Crippen LogP contribution in [0, 0.1) is 0 Å². The summed E-state index contributed by atoms with van der Waals surface area (Å²) < 4.78 is 5.01. The second-order valence-electron chi connectivity index (χ2n) is 5.81. The number of rotatable bonds is 7. The number of ether oxygens (including phenoxy) is 1. The minimum atomic E-state index is -0.462. The summed E-state index contributed by atoms with van der Waals surface area (Å²) in [6, 6.07) is 13.4. The van der Waals surface area contributed by atoms with Gasteiger partial charge in [-0.2, -0.15) is 5.10 Å². The zero-order chi connectivity index (χ0) is 21.3. The lowest BCUT2D eigenvalue weighted by Gasteiger charge is -2.04. The van der Waals surface area contributed by atoms with E-state index in [1.807, 2.05) is 6.07 Å². The van der Waals surface area contributed by atoms with E-state index in [1.165, 1.54) is 13.3 Å². The number of aromatic hydroxyl groups is 1. The number of hydrazone groups is 1. The molecule has 0 saturated heterocycles. The van der Waals surface area contributed by atoms with Gasteiger partial charge in [-0.15, -0.1) is 10.2 Å². The van der Waals surface area contributed by atoms with Crippen LogP contribution >= 0.6 is 11.3 Å². The van der Waals surface area contributed by atoms with Gasteiger partial charge in [0, 0.05) is 11.3 Å². The van der Waals surface area contributed by atoms with Crippen LogP contribution in [0.4, 0.5) is 15.6 Å². The van der Waals surface area contributed by atoms with Gasteiger partial charge in [0.1, 0.15) is 5.01 Å². The van der Waals surface area contributed by atoms with Crippen molar-refractivity contribution in [3.63, 3.8) is 0 Å². The van der Waals surface area contributed by atoms with Gasteiger partial charge in [-0.05, 0) is 24.3 Å². The van der Waals surface area contributed by atoms with Crippen LogP contribution in [0.5, 0.6) is 11.5 Å². The summed E-state index contributed by atoms with van der Waals surface area (Å²) in [7, 11) is 1.44. The molecule has 11 heteroatoms. The van der Waals surface area contributed by atoms with Gasteiger partial charge in [0.2, 0.25) is 11.0 Å². The zero-order valence-electron chi connectivity index (χ0n) is 15.8. The molecule has 0 bridgehead atoms. The molecule has 0 aliphatic rings. The van der Waals surface area contributed by atoms with Crippen molar-refractivity contribution in [2.45, 2.75) is 6.42 Å². The molecule has 3 aromatic rings. The van der Waals surface area contributed by atoms with Gasteiger partial charge >= 0.3 is 6.03 Å². The van der Waals surface area contributed by atoms with Crippen molar-refractivity contribution < 1.29 is 19.4 Å². The largest absolute Gasteiger partial charge is 0.504 e.